The molecule has 2 aromatic carbocycles. The highest BCUT2D eigenvalue weighted by molar-refractivity contribution is 5.84. The Bertz CT molecular complexity index is 1230. The Morgan fingerprint density at radius 3 is 2.15 bits per heavy atom. The lowest BCUT2D eigenvalue weighted by Gasteiger charge is -2.42. The summed E-state index contributed by atoms with van der Waals surface area (Å²) < 4.78 is 19.2. The summed E-state index contributed by atoms with van der Waals surface area (Å²) in [7, 11) is 0. The molecule has 2 aliphatic carbocycles. The highest BCUT2D eigenvalue weighted by Crippen LogP contribution is 2.69. The monoisotopic (exact) mass is 544 g/mol. The number of ether oxygens (including phenoxy) is 3. The van der Waals surface area contributed by atoms with Crippen LogP contribution in [-0.2, 0) is 42.0 Å². The molecule has 216 valence electrons. The first-order chi connectivity index (χ1) is 18.7. The molecule has 1 unspecified atom stereocenters. The molecule has 1 aliphatic heterocycles. The number of fused-ring (bicyclic) bond motifs is 2. The zero-order chi connectivity index (χ0) is 29.1. The van der Waals surface area contributed by atoms with Crippen LogP contribution in [0.5, 0.6) is 0 Å². The normalized spacial score (nSPS) is 30.8. The lowest BCUT2D eigenvalue weighted by atomic mass is 9.66. The molecule has 2 aromatic rings. The zero-order valence-electron chi connectivity index (χ0n) is 25.8. The number of carbonyl (C=O) groups excluding carboxylic acids is 1. The van der Waals surface area contributed by atoms with Crippen LogP contribution in [0.25, 0.3) is 0 Å². The molecule has 4 heteroatoms. The lowest BCUT2D eigenvalue weighted by molar-refractivity contribution is -0.178. The fourth-order valence-corrected chi connectivity index (χ4v) is 7.42. The van der Waals surface area contributed by atoms with E-state index in [1.165, 1.54) is 16.7 Å². The summed E-state index contributed by atoms with van der Waals surface area (Å²) in [5.41, 5.74) is 3.46. The molecule has 0 aromatic heterocycles. The van der Waals surface area contributed by atoms with E-state index >= 15 is 0 Å². The number of hydrogen-bond donors (Lipinski definition) is 0. The van der Waals surface area contributed by atoms with Crippen LogP contribution in [0.15, 0.2) is 61.2 Å². The van der Waals surface area contributed by atoms with E-state index in [0.29, 0.717) is 19.1 Å². The third-order valence-corrected chi connectivity index (χ3v) is 10.3. The molecule has 5 atom stereocenters. The van der Waals surface area contributed by atoms with Gasteiger partial charge in [0, 0.05) is 5.41 Å². The highest BCUT2D eigenvalue weighted by Gasteiger charge is 2.71. The van der Waals surface area contributed by atoms with Gasteiger partial charge in [-0.15, -0.1) is 6.58 Å². The van der Waals surface area contributed by atoms with E-state index in [4.69, 9.17) is 14.2 Å². The average Bonchev–Trinajstić information content (AvgIpc) is 3.63. The maximum atomic E-state index is 13.8. The summed E-state index contributed by atoms with van der Waals surface area (Å²) in [5.74, 6) is -0.000215. The van der Waals surface area contributed by atoms with Crippen LogP contribution in [0.4, 0.5) is 0 Å². The third-order valence-electron chi connectivity index (χ3n) is 10.3. The van der Waals surface area contributed by atoms with Crippen molar-refractivity contribution in [2.75, 3.05) is 6.61 Å². The van der Waals surface area contributed by atoms with E-state index in [-0.39, 0.29) is 39.8 Å². The predicted molar refractivity (Wildman–Crippen MR) is 160 cm³/mol. The maximum Gasteiger partial charge on any atom is 0.345 e. The SMILES string of the molecule is C=CC[C@]12CC[C@H]([C@@H](OCc3cc(C(C)(C)C)cc(C(C)(C)C)c3)[C@H]1OC(=O)C1(c3ccccc3)CO1)C2(C)C. The van der Waals surface area contributed by atoms with Crippen molar-refractivity contribution in [3.8, 4) is 0 Å². The van der Waals surface area contributed by atoms with Gasteiger partial charge >= 0.3 is 5.97 Å². The van der Waals surface area contributed by atoms with E-state index < -0.39 is 5.60 Å². The molecule has 0 amide bonds. The van der Waals surface area contributed by atoms with Gasteiger partial charge < -0.3 is 14.2 Å². The first-order valence-electron chi connectivity index (χ1n) is 14.9. The van der Waals surface area contributed by atoms with Crippen molar-refractivity contribution in [1.29, 1.82) is 0 Å². The second-order valence-electron chi connectivity index (χ2n) is 15.0. The van der Waals surface area contributed by atoms with Gasteiger partial charge in [0.05, 0.1) is 19.3 Å². The van der Waals surface area contributed by atoms with Gasteiger partial charge in [0.15, 0.2) is 0 Å². The van der Waals surface area contributed by atoms with Gasteiger partial charge in [-0.1, -0.05) is 110 Å². The Morgan fingerprint density at radius 1 is 1.02 bits per heavy atom. The van der Waals surface area contributed by atoms with Crippen molar-refractivity contribution < 1.29 is 19.0 Å². The van der Waals surface area contributed by atoms with Crippen LogP contribution in [-0.4, -0.2) is 24.8 Å². The van der Waals surface area contributed by atoms with E-state index in [1.54, 1.807) is 0 Å². The summed E-state index contributed by atoms with van der Waals surface area (Å²) in [5, 5.41) is 0. The van der Waals surface area contributed by atoms with Gasteiger partial charge in [-0.05, 0) is 63.7 Å². The molecule has 40 heavy (non-hydrogen) atoms. The van der Waals surface area contributed by atoms with Crippen LogP contribution in [0, 0.1) is 16.7 Å². The molecule has 1 saturated heterocycles. The average molecular weight is 545 g/mol. The largest absolute Gasteiger partial charge is 0.456 e. The smallest absolute Gasteiger partial charge is 0.345 e. The predicted octanol–water partition coefficient (Wildman–Crippen LogP) is 8.02. The van der Waals surface area contributed by atoms with E-state index in [0.717, 1.165) is 24.8 Å². The zero-order valence-corrected chi connectivity index (χ0v) is 25.8. The fourth-order valence-electron chi connectivity index (χ4n) is 7.42. The first-order valence-corrected chi connectivity index (χ1v) is 14.9. The van der Waals surface area contributed by atoms with E-state index in [2.05, 4.69) is 80.2 Å². The van der Waals surface area contributed by atoms with Crippen molar-refractivity contribution in [1.82, 2.24) is 0 Å². The molecule has 2 saturated carbocycles. The molecule has 3 fully saturated rings. The number of benzene rings is 2. The molecule has 5 rings (SSSR count). The second kappa shape index (κ2) is 9.84. The molecule has 2 bridgehead atoms. The van der Waals surface area contributed by atoms with Crippen LogP contribution in [0.3, 0.4) is 0 Å². The van der Waals surface area contributed by atoms with Gasteiger partial charge in [-0.2, -0.15) is 0 Å². The summed E-state index contributed by atoms with van der Waals surface area (Å²) in [6.45, 7) is 23.2. The Kier molecular flexibility index (Phi) is 7.15. The summed E-state index contributed by atoms with van der Waals surface area (Å²) in [4.78, 5) is 13.8. The summed E-state index contributed by atoms with van der Waals surface area (Å²) >= 11 is 0. The van der Waals surface area contributed by atoms with Crippen LogP contribution in [0.2, 0.25) is 0 Å². The number of rotatable bonds is 8. The van der Waals surface area contributed by atoms with E-state index in [1.807, 2.05) is 36.4 Å². The van der Waals surface area contributed by atoms with Crippen LogP contribution >= 0.6 is 0 Å². The highest BCUT2D eigenvalue weighted by atomic mass is 16.7. The molecular formula is C36H48O4. The molecule has 3 aliphatic rings. The minimum absolute atomic E-state index is 0.0343. The molecule has 4 nitrogen and oxygen atoms in total. The number of epoxide rings is 1. The first kappa shape index (κ1) is 29.1. The molecular weight excluding hydrogens is 496 g/mol. The van der Waals surface area contributed by atoms with Crippen molar-refractivity contribution in [2.45, 2.75) is 110 Å². The Balaban J connectivity index is 1.46. The van der Waals surface area contributed by atoms with Gasteiger partial charge in [-0.25, -0.2) is 4.79 Å². The summed E-state index contributed by atoms with van der Waals surface area (Å²) in [6.07, 6.45) is 4.31. The topological polar surface area (TPSA) is 48.1 Å². The Morgan fingerprint density at radius 2 is 1.62 bits per heavy atom. The van der Waals surface area contributed by atoms with E-state index in [9.17, 15) is 4.79 Å². The molecule has 1 heterocycles. The number of carbonyl (C=O) groups is 1. The molecule has 0 spiro atoms. The minimum Gasteiger partial charge on any atom is -0.456 e. The van der Waals surface area contributed by atoms with Gasteiger partial charge in [-0.3, -0.25) is 0 Å². The number of esters is 1. The molecule has 0 radical (unpaired) electrons. The second-order valence-corrected chi connectivity index (χ2v) is 15.0. The van der Waals surface area contributed by atoms with Crippen molar-refractivity contribution in [3.63, 3.8) is 0 Å². The standard InChI is InChI=1S/C36H48O4/c1-10-17-35-18-16-28(34(35,8)9)29(30(35)40-31(37)36(23-39-36)25-14-12-11-13-15-25)38-22-24-19-26(32(2,3)4)21-27(20-24)33(5,6)7/h10-15,19-21,28-30H,1,16-18,22-23H2,2-9H3/t28-,29-,30-,35+,36?/m1/s1. The quantitative estimate of drug-likeness (QED) is 0.192. The van der Waals surface area contributed by atoms with Crippen LogP contribution in [0.1, 0.15) is 96.9 Å². The number of hydrogen-bond acceptors (Lipinski definition) is 4. The Labute approximate surface area is 241 Å². The lowest BCUT2D eigenvalue weighted by Crippen LogP contribution is -2.47. The fraction of sp³-hybridized carbons (Fsp3) is 0.583. The van der Waals surface area contributed by atoms with Crippen molar-refractivity contribution >= 4 is 5.97 Å². The number of allylic oxidation sites excluding steroid dienone is 1. The van der Waals surface area contributed by atoms with Gasteiger partial charge in [0.2, 0.25) is 5.60 Å². The van der Waals surface area contributed by atoms with Crippen molar-refractivity contribution in [2.24, 2.45) is 16.7 Å². The van der Waals surface area contributed by atoms with Gasteiger partial charge in [0.25, 0.3) is 0 Å². The minimum atomic E-state index is -1.00. The third kappa shape index (κ3) is 4.75. The summed E-state index contributed by atoms with van der Waals surface area (Å²) in [6, 6.07) is 16.6. The van der Waals surface area contributed by atoms with Gasteiger partial charge in [0.1, 0.15) is 6.10 Å². The maximum absolute atomic E-state index is 13.8. The van der Waals surface area contributed by atoms with Crippen LogP contribution < -0.4 is 0 Å². The molecule has 0 N–H and O–H groups in total. The Hall–Kier alpha value is -2.43. The van der Waals surface area contributed by atoms with Crippen molar-refractivity contribution in [3.05, 3.63) is 83.4 Å².